The van der Waals surface area contributed by atoms with Gasteiger partial charge in [-0.3, -0.25) is 0 Å². The van der Waals surface area contributed by atoms with E-state index in [1.165, 1.54) is 6.20 Å². The van der Waals surface area contributed by atoms with E-state index in [0.29, 0.717) is 23.3 Å². The summed E-state index contributed by atoms with van der Waals surface area (Å²) in [5, 5.41) is 3.90. The molecule has 0 saturated carbocycles. The molecule has 24 heavy (non-hydrogen) atoms. The molecule has 2 atom stereocenters. The predicted molar refractivity (Wildman–Crippen MR) is 97.5 cm³/mol. The van der Waals surface area contributed by atoms with Crippen LogP contribution in [0, 0.1) is 5.82 Å². The summed E-state index contributed by atoms with van der Waals surface area (Å²) in [6.07, 6.45) is 3.81. The van der Waals surface area contributed by atoms with Gasteiger partial charge >= 0.3 is 0 Å². The third-order valence-electron chi connectivity index (χ3n) is 4.11. The summed E-state index contributed by atoms with van der Waals surface area (Å²) in [5.41, 5.74) is 0.121. The lowest BCUT2D eigenvalue weighted by Crippen LogP contribution is -2.51. The molecule has 2 aliphatic heterocycles. The van der Waals surface area contributed by atoms with Gasteiger partial charge in [0, 0.05) is 31.4 Å². The molecule has 0 spiro atoms. The molecule has 2 aliphatic rings. The Morgan fingerprint density at radius 1 is 1.17 bits per heavy atom. The molecule has 0 radical (unpaired) electrons. The monoisotopic (exact) mass is 373 g/mol. The van der Waals surface area contributed by atoms with Gasteiger partial charge in [-0.05, 0) is 24.4 Å². The molecule has 5 nitrogen and oxygen atoms in total. The van der Waals surface area contributed by atoms with Crippen molar-refractivity contribution in [3.63, 3.8) is 0 Å². The Morgan fingerprint density at radius 3 is 2.42 bits per heavy atom. The smallest absolute Gasteiger partial charge is 0.225 e. The van der Waals surface area contributed by atoms with Crippen molar-refractivity contribution >= 4 is 39.9 Å². The van der Waals surface area contributed by atoms with Crippen LogP contribution in [0.15, 0.2) is 6.20 Å². The first kappa shape index (κ1) is 19.1. The molecule has 2 saturated heterocycles. The van der Waals surface area contributed by atoms with Gasteiger partial charge in [0.25, 0.3) is 0 Å². The largest absolute Gasteiger partial charge is 0.353 e. The molecule has 2 bridgehead atoms. The number of anilines is 1. The fourth-order valence-corrected chi connectivity index (χ4v) is 3.51. The number of hydrogen-bond acceptors (Lipinski definition) is 5. The van der Waals surface area contributed by atoms with Crippen LogP contribution in [0.4, 0.5) is 10.2 Å². The molecular weight excluding hydrogens is 352 g/mol. The summed E-state index contributed by atoms with van der Waals surface area (Å²) in [6, 6.07) is 0.885. The first-order valence-electron chi connectivity index (χ1n) is 7.80. The average molecular weight is 374 g/mol. The lowest BCUT2D eigenvalue weighted by Gasteiger charge is -2.34. The SMILES string of the molecule is C.CC.Fc1c(Cl)ncc2c(N3CC4CCC(C3)N4)nc(Cl)nc12. The molecule has 0 aromatic carbocycles. The summed E-state index contributed by atoms with van der Waals surface area (Å²) in [6.45, 7) is 5.65. The lowest BCUT2D eigenvalue weighted by atomic mass is 10.2. The lowest BCUT2D eigenvalue weighted by molar-refractivity contribution is 0.464. The van der Waals surface area contributed by atoms with Gasteiger partial charge < -0.3 is 10.2 Å². The van der Waals surface area contributed by atoms with Crippen LogP contribution >= 0.6 is 23.2 Å². The zero-order valence-corrected chi connectivity index (χ0v) is 14.5. The predicted octanol–water partition coefficient (Wildman–Crippen LogP) is 4.07. The van der Waals surface area contributed by atoms with Crippen LogP contribution in [-0.2, 0) is 0 Å². The summed E-state index contributed by atoms with van der Waals surface area (Å²) >= 11 is 11.7. The molecule has 4 heterocycles. The fourth-order valence-electron chi connectivity index (χ4n) is 3.20. The van der Waals surface area contributed by atoms with E-state index in [4.69, 9.17) is 23.2 Å². The van der Waals surface area contributed by atoms with E-state index >= 15 is 0 Å². The third-order valence-corrected chi connectivity index (χ3v) is 4.54. The second kappa shape index (κ2) is 7.76. The number of aromatic nitrogens is 3. The van der Waals surface area contributed by atoms with Crippen molar-refractivity contribution in [3.05, 3.63) is 22.5 Å². The molecule has 0 aliphatic carbocycles. The van der Waals surface area contributed by atoms with Crippen LogP contribution in [0.2, 0.25) is 10.4 Å². The molecule has 2 fully saturated rings. The van der Waals surface area contributed by atoms with E-state index in [1.54, 1.807) is 0 Å². The fraction of sp³-hybridized carbons (Fsp3) is 0.562. The molecule has 2 unspecified atom stereocenters. The number of pyridine rings is 1. The zero-order chi connectivity index (χ0) is 16.6. The summed E-state index contributed by atoms with van der Waals surface area (Å²) in [4.78, 5) is 14.3. The highest BCUT2D eigenvalue weighted by Gasteiger charge is 2.33. The van der Waals surface area contributed by atoms with E-state index in [0.717, 1.165) is 25.9 Å². The summed E-state index contributed by atoms with van der Waals surface area (Å²) < 4.78 is 14.1. The number of hydrogen-bond donors (Lipinski definition) is 1. The summed E-state index contributed by atoms with van der Waals surface area (Å²) in [5.74, 6) is -0.0238. The van der Waals surface area contributed by atoms with Gasteiger partial charge in [0.2, 0.25) is 5.28 Å². The Balaban J connectivity index is 0.000000670. The average Bonchev–Trinajstić information content (AvgIpc) is 2.91. The van der Waals surface area contributed by atoms with Crippen molar-refractivity contribution in [2.45, 2.75) is 46.2 Å². The Labute approximate surface area is 151 Å². The van der Waals surface area contributed by atoms with Crippen LogP contribution in [0.25, 0.3) is 10.9 Å². The normalized spacial score (nSPS) is 22.0. The van der Waals surface area contributed by atoms with Crippen molar-refractivity contribution in [2.24, 2.45) is 0 Å². The van der Waals surface area contributed by atoms with E-state index in [-0.39, 0.29) is 23.4 Å². The number of nitrogens with zero attached hydrogens (tertiary/aromatic N) is 4. The quantitative estimate of drug-likeness (QED) is 0.602. The van der Waals surface area contributed by atoms with Gasteiger partial charge in [-0.25, -0.2) is 14.4 Å². The maximum absolute atomic E-state index is 14.1. The Morgan fingerprint density at radius 2 is 1.79 bits per heavy atom. The van der Waals surface area contributed by atoms with Crippen LogP contribution in [-0.4, -0.2) is 40.1 Å². The van der Waals surface area contributed by atoms with Crippen molar-refractivity contribution in [1.82, 2.24) is 20.3 Å². The maximum Gasteiger partial charge on any atom is 0.225 e. The minimum absolute atomic E-state index is 0. The van der Waals surface area contributed by atoms with Gasteiger partial charge in [-0.1, -0.05) is 32.9 Å². The molecular formula is C16H22Cl2FN5. The minimum Gasteiger partial charge on any atom is -0.353 e. The highest BCUT2D eigenvalue weighted by molar-refractivity contribution is 6.30. The van der Waals surface area contributed by atoms with Gasteiger partial charge in [0.05, 0.1) is 5.39 Å². The number of halogens is 3. The van der Waals surface area contributed by atoms with E-state index in [1.807, 2.05) is 13.8 Å². The minimum atomic E-state index is -0.655. The Hall–Kier alpha value is -1.24. The molecule has 132 valence electrons. The molecule has 2 aromatic rings. The van der Waals surface area contributed by atoms with Crippen LogP contribution < -0.4 is 10.2 Å². The van der Waals surface area contributed by atoms with E-state index in [9.17, 15) is 4.39 Å². The number of fused-ring (bicyclic) bond motifs is 3. The zero-order valence-electron chi connectivity index (χ0n) is 13.0. The van der Waals surface area contributed by atoms with Gasteiger partial charge in [0.1, 0.15) is 11.3 Å². The van der Waals surface area contributed by atoms with Gasteiger partial charge in [-0.2, -0.15) is 4.98 Å². The van der Waals surface area contributed by atoms with Crippen molar-refractivity contribution in [1.29, 1.82) is 0 Å². The topological polar surface area (TPSA) is 53.9 Å². The van der Waals surface area contributed by atoms with Crippen LogP contribution in [0.1, 0.15) is 34.1 Å². The first-order valence-corrected chi connectivity index (χ1v) is 8.55. The summed E-state index contributed by atoms with van der Waals surface area (Å²) in [7, 11) is 0. The standard InChI is InChI=1S/C13H12Cl2FN5.C2H6.CH4/c14-11-9(16)10-8(3-17-11)12(20-13(15)19-10)21-4-6-1-2-7(5-21)18-6;1-2;/h3,6-7,18H,1-2,4-5H2;1-2H3;1H4. The van der Waals surface area contributed by atoms with Crippen molar-refractivity contribution in [3.8, 4) is 0 Å². The highest BCUT2D eigenvalue weighted by Crippen LogP contribution is 2.31. The second-order valence-corrected chi connectivity index (χ2v) is 6.18. The molecule has 4 rings (SSSR count). The number of rotatable bonds is 1. The van der Waals surface area contributed by atoms with Crippen molar-refractivity contribution in [2.75, 3.05) is 18.0 Å². The second-order valence-electron chi connectivity index (χ2n) is 5.48. The van der Waals surface area contributed by atoms with Crippen LogP contribution in [0.5, 0.6) is 0 Å². The van der Waals surface area contributed by atoms with Gasteiger partial charge in [-0.15, -0.1) is 0 Å². The maximum atomic E-state index is 14.1. The first-order chi connectivity index (χ1) is 11.1. The molecule has 2 aromatic heterocycles. The molecule has 0 amide bonds. The van der Waals surface area contributed by atoms with E-state index in [2.05, 4.69) is 25.2 Å². The Kier molecular flexibility index (Phi) is 6.17. The Bertz CT molecular complexity index is 715. The van der Waals surface area contributed by atoms with Gasteiger partial charge in [0.15, 0.2) is 11.0 Å². The van der Waals surface area contributed by atoms with E-state index < -0.39 is 5.82 Å². The molecule has 8 heteroatoms. The third kappa shape index (κ3) is 3.41. The van der Waals surface area contributed by atoms with Crippen LogP contribution in [0.3, 0.4) is 0 Å². The molecule has 1 N–H and O–H groups in total. The number of piperazine rings is 1. The van der Waals surface area contributed by atoms with Crippen molar-refractivity contribution < 1.29 is 4.39 Å². The number of nitrogens with one attached hydrogen (secondary N) is 1. The highest BCUT2D eigenvalue weighted by atomic mass is 35.5.